The molecule has 172 valence electrons. The first-order valence-electron chi connectivity index (χ1n) is 10.5. The van der Waals surface area contributed by atoms with Gasteiger partial charge in [-0.25, -0.2) is 15.4 Å². The molecule has 0 bridgehead atoms. The second-order valence-corrected chi connectivity index (χ2v) is 8.05. The highest BCUT2D eigenvalue weighted by Crippen LogP contribution is 2.26. The first-order chi connectivity index (χ1) is 15.5. The van der Waals surface area contributed by atoms with Gasteiger partial charge in [0, 0.05) is 18.7 Å². The molecular weight excluding hydrogens is 436 g/mol. The van der Waals surface area contributed by atoms with Crippen LogP contribution in [0.15, 0.2) is 30.6 Å². The molecule has 1 saturated carbocycles. The molecule has 0 saturated heterocycles. The molecule has 3 rings (SSSR count). The molecule has 1 aromatic heterocycles. The first-order valence-corrected chi connectivity index (χ1v) is 10.9. The molecule has 0 aliphatic heterocycles. The van der Waals surface area contributed by atoms with E-state index in [0.29, 0.717) is 16.5 Å². The van der Waals surface area contributed by atoms with Crippen molar-refractivity contribution >= 4 is 29.1 Å². The number of amides is 2. The number of benzene rings is 1. The number of carbonyl (C=O) groups is 2. The predicted octanol–water partition coefficient (Wildman–Crippen LogP) is 3.81. The number of ether oxygens (including phenoxy) is 2. The number of aromatic nitrogens is 2. The zero-order chi connectivity index (χ0) is 22.9. The molecule has 0 spiro atoms. The van der Waals surface area contributed by atoms with Crippen LogP contribution >= 0.6 is 11.6 Å². The van der Waals surface area contributed by atoms with Gasteiger partial charge in [0.1, 0.15) is 5.75 Å². The lowest BCUT2D eigenvalue weighted by Gasteiger charge is -2.22. The smallest absolute Gasteiger partial charge is 0.321 e. The highest BCUT2D eigenvalue weighted by Gasteiger charge is 2.25. The fourth-order valence-electron chi connectivity index (χ4n) is 3.41. The highest BCUT2D eigenvalue weighted by molar-refractivity contribution is 6.30. The zero-order valence-corrected chi connectivity index (χ0v) is 18.9. The summed E-state index contributed by atoms with van der Waals surface area (Å²) in [5.41, 5.74) is 3.73. The SMILES string of the molecule is COCC(ONC(=O)C1CCCCC1)C(=O)Nc1ccc(Oc2ncc(Cl)cn2)c(C)c1. The van der Waals surface area contributed by atoms with E-state index in [1.165, 1.54) is 19.5 Å². The minimum Gasteiger partial charge on any atom is -0.424 e. The molecule has 1 atom stereocenters. The average molecular weight is 463 g/mol. The zero-order valence-electron chi connectivity index (χ0n) is 18.1. The third-order valence-electron chi connectivity index (χ3n) is 5.13. The van der Waals surface area contributed by atoms with Crippen molar-refractivity contribution in [2.45, 2.75) is 45.1 Å². The summed E-state index contributed by atoms with van der Waals surface area (Å²) in [5, 5.41) is 3.18. The maximum absolute atomic E-state index is 12.7. The molecule has 1 unspecified atom stereocenters. The van der Waals surface area contributed by atoms with Crippen molar-refractivity contribution < 1.29 is 23.9 Å². The molecule has 2 aromatic rings. The Balaban J connectivity index is 1.57. The molecule has 32 heavy (non-hydrogen) atoms. The Morgan fingerprint density at radius 2 is 1.91 bits per heavy atom. The van der Waals surface area contributed by atoms with Gasteiger partial charge in [0.2, 0.25) is 5.91 Å². The Morgan fingerprint density at radius 3 is 2.56 bits per heavy atom. The number of nitrogens with zero attached hydrogens (tertiary/aromatic N) is 2. The van der Waals surface area contributed by atoms with Crippen molar-refractivity contribution in [3.8, 4) is 11.8 Å². The Morgan fingerprint density at radius 1 is 1.19 bits per heavy atom. The number of aryl methyl sites for hydroxylation is 1. The maximum Gasteiger partial charge on any atom is 0.321 e. The summed E-state index contributed by atoms with van der Waals surface area (Å²) >= 11 is 5.78. The summed E-state index contributed by atoms with van der Waals surface area (Å²) in [6.45, 7) is 1.82. The van der Waals surface area contributed by atoms with Crippen LogP contribution in [0.5, 0.6) is 11.8 Å². The lowest BCUT2D eigenvalue weighted by molar-refractivity contribution is -0.152. The van der Waals surface area contributed by atoms with E-state index in [4.69, 9.17) is 25.9 Å². The van der Waals surface area contributed by atoms with Gasteiger partial charge >= 0.3 is 6.01 Å². The number of methoxy groups -OCH3 is 1. The number of anilines is 1. The van der Waals surface area contributed by atoms with Crippen molar-refractivity contribution in [2.75, 3.05) is 19.0 Å². The number of hydroxylamine groups is 1. The quantitative estimate of drug-likeness (QED) is 0.545. The van der Waals surface area contributed by atoms with Crippen molar-refractivity contribution in [1.29, 1.82) is 0 Å². The Hall–Kier alpha value is -2.75. The van der Waals surface area contributed by atoms with Gasteiger partial charge < -0.3 is 14.8 Å². The van der Waals surface area contributed by atoms with Crippen LogP contribution in [0.2, 0.25) is 5.02 Å². The minimum atomic E-state index is -0.994. The van der Waals surface area contributed by atoms with E-state index in [2.05, 4.69) is 20.8 Å². The summed E-state index contributed by atoms with van der Waals surface area (Å²) in [6, 6.07) is 5.28. The molecule has 1 heterocycles. The van der Waals surface area contributed by atoms with Crippen LogP contribution in [0, 0.1) is 12.8 Å². The summed E-state index contributed by atoms with van der Waals surface area (Å²) in [6.07, 6.45) is 6.78. The average Bonchev–Trinajstić information content (AvgIpc) is 2.80. The van der Waals surface area contributed by atoms with Crippen molar-refractivity contribution in [1.82, 2.24) is 15.4 Å². The monoisotopic (exact) mass is 462 g/mol. The van der Waals surface area contributed by atoms with Gasteiger partial charge in [0.15, 0.2) is 6.10 Å². The number of hydrogen-bond donors (Lipinski definition) is 2. The summed E-state index contributed by atoms with van der Waals surface area (Å²) in [5.74, 6) is -0.171. The predicted molar refractivity (Wildman–Crippen MR) is 118 cm³/mol. The van der Waals surface area contributed by atoms with E-state index in [1.54, 1.807) is 18.2 Å². The number of nitrogens with one attached hydrogen (secondary N) is 2. The van der Waals surface area contributed by atoms with Gasteiger partial charge in [-0.2, -0.15) is 0 Å². The molecule has 0 radical (unpaired) electrons. The molecular formula is C22H27ClN4O5. The van der Waals surface area contributed by atoms with Crippen LogP contribution in [0.4, 0.5) is 5.69 Å². The Labute approximate surface area is 191 Å². The number of carbonyl (C=O) groups excluding carboxylic acids is 2. The van der Waals surface area contributed by atoms with Crippen molar-refractivity contribution in [3.63, 3.8) is 0 Å². The Bertz CT molecular complexity index is 919. The van der Waals surface area contributed by atoms with Crippen molar-refractivity contribution in [2.24, 2.45) is 5.92 Å². The lowest BCUT2D eigenvalue weighted by atomic mass is 9.89. The summed E-state index contributed by atoms with van der Waals surface area (Å²) in [4.78, 5) is 38.4. The highest BCUT2D eigenvalue weighted by atomic mass is 35.5. The van der Waals surface area contributed by atoms with Gasteiger partial charge in [0.25, 0.3) is 5.91 Å². The van der Waals surface area contributed by atoms with E-state index in [9.17, 15) is 9.59 Å². The van der Waals surface area contributed by atoms with Crippen LogP contribution in [-0.2, 0) is 19.2 Å². The third-order valence-corrected chi connectivity index (χ3v) is 5.32. The van der Waals surface area contributed by atoms with E-state index in [-0.39, 0.29) is 24.4 Å². The fraction of sp³-hybridized carbons (Fsp3) is 0.455. The second kappa shape index (κ2) is 11.8. The van der Waals surface area contributed by atoms with Crippen LogP contribution in [0.1, 0.15) is 37.7 Å². The van der Waals surface area contributed by atoms with E-state index >= 15 is 0 Å². The van der Waals surface area contributed by atoms with Crippen LogP contribution in [0.3, 0.4) is 0 Å². The van der Waals surface area contributed by atoms with Gasteiger partial charge in [-0.15, -0.1) is 0 Å². The third kappa shape index (κ3) is 6.88. The molecule has 1 aliphatic rings. The number of rotatable bonds is 9. The fourth-order valence-corrected chi connectivity index (χ4v) is 3.51. The molecule has 1 fully saturated rings. The molecule has 2 N–H and O–H groups in total. The van der Waals surface area contributed by atoms with Gasteiger partial charge in [-0.05, 0) is 43.5 Å². The first kappa shape index (κ1) is 23.9. The molecule has 1 aromatic carbocycles. The van der Waals surface area contributed by atoms with Crippen LogP contribution < -0.4 is 15.5 Å². The summed E-state index contributed by atoms with van der Waals surface area (Å²) in [7, 11) is 1.46. The minimum absolute atomic E-state index is 0.00907. The van der Waals surface area contributed by atoms with Crippen LogP contribution in [-0.4, -0.2) is 41.6 Å². The standard InChI is InChI=1S/C22H27ClN4O5/c1-14-10-17(8-9-18(14)31-22-24-11-16(23)12-25-22)26-21(29)19(13-30-2)32-27-20(28)15-6-4-3-5-7-15/h8-12,15,19H,3-7,13H2,1-2H3,(H,26,29)(H,27,28). The number of hydrogen-bond acceptors (Lipinski definition) is 7. The molecule has 2 amide bonds. The van der Waals surface area contributed by atoms with E-state index in [1.807, 2.05) is 6.92 Å². The van der Waals surface area contributed by atoms with E-state index < -0.39 is 12.0 Å². The molecule has 10 heteroatoms. The van der Waals surface area contributed by atoms with E-state index in [0.717, 1.165) is 37.7 Å². The lowest BCUT2D eigenvalue weighted by Crippen LogP contribution is -2.42. The maximum atomic E-state index is 12.7. The number of halogens is 1. The van der Waals surface area contributed by atoms with Crippen molar-refractivity contribution in [3.05, 3.63) is 41.2 Å². The molecule has 9 nitrogen and oxygen atoms in total. The topological polar surface area (TPSA) is 112 Å². The van der Waals surface area contributed by atoms with Gasteiger partial charge in [-0.1, -0.05) is 30.9 Å². The largest absolute Gasteiger partial charge is 0.424 e. The van der Waals surface area contributed by atoms with Gasteiger partial charge in [-0.3, -0.25) is 14.4 Å². The van der Waals surface area contributed by atoms with Crippen LogP contribution in [0.25, 0.3) is 0 Å². The normalized spacial score (nSPS) is 15.1. The summed E-state index contributed by atoms with van der Waals surface area (Å²) < 4.78 is 10.7. The second-order valence-electron chi connectivity index (χ2n) is 7.62. The van der Waals surface area contributed by atoms with Gasteiger partial charge in [0.05, 0.1) is 24.0 Å². The Kier molecular flexibility index (Phi) is 8.78. The molecule has 1 aliphatic carbocycles.